The van der Waals surface area contributed by atoms with Gasteiger partial charge in [0.25, 0.3) is 0 Å². The molecule has 2 N–H and O–H groups in total. The van der Waals surface area contributed by atoms with Gasteiger partial charge in [0.1, 0.15) is 5.75 Å². The third-order valence-electron chi connectivity index (χ3n) is 3.75. The Morgan fingerprint density at radius 2 is 2.15 bits per heavy atom. The van der Waals surface area contributed by atoms with Gasteiger partial charge in [-0.15, -0.1) is 0 Å². The number of nitrogen functional groups attached to an aromatic ring is 1. The maximum Gasteiger partial charge on any atom is 0.226 e. The van der Waals surface area contributed by atoms with Crippen LogP contribution in [-0.4, -0.2) is 30.5 Å². The van der Waals surface area contributed by atoms with Crippen molar-refractivity contribution >= 4 is 11.6 Å². The number of nitrogens with two attached hydrogens (primary N) is 1. The fraction of sp³-hybridized carbons (Fsp3) is 0.562. The molecule has 1 aliphatic rings. The van der Waals surface area contributed by atoms with E-state index < -0.39 is 0 Å². The van der Waals surface area contributed by atoms with E-state index in [1.54, 1.807) is 6.07 Å². The van der Waals surface area contributed by atoms with Gasteiger partial charge in [0.05, 0.1) is 18.7 Å². The Labute approximate surface area is 120 Å². The number of nitrogens with zero attached hydrogens (tertiary/aromatic N) is 1. The molecule has 0 atom stereocenters. The summed E-state index contributed by atoms with van der Waals surface area (Å²) < 4.78 is 5.58. The predicted octanol–water partition coefficient (Wildman–Crippen LogP) is 2.69. The van der Waals surface area contributed by atoms with Crippen LogP contribution in [-0.2, 0) is 4.79 Å². The monoisotopic (exact) mass is 276 g/mol. The van der Waals surface area contributed by atoms with Crippen LogP contribution in [0.4, 0.5) is 5.69 Å². The first kappa shape index (κ1) is 14.7. The van der Waals surface area contributed by atoms with Crippen LogP contribution in [0.25, 0.3) is 0 Å². The van der Waals surface area contributed by atoms with Gasteiger partial charge in [-0.25, -0.2) is 0 Å². The molecule has 4 heteroatoms. The van der Waals surface area contributed by atoms with E-state index in [-0.39, 0.29) is 11.3 Å². The Bertz CT molecular complexity index is 471. The van der Waals surface area contributed by atoms with Crippen LogP contribution in [0.2, 0.25) is 0 Å². The summed E-state index contributed by atoms with van der Waals surface area (Å²) in [6.07, 6.45) is 2.68. The smallest absolute Gasteiger partial charge is 0.226 e. The summed E-state index contributed by atoms with van der Waals surface area (Å²) in [7, 11) is 0. The minimum absolute atomic E-state index is 0.173. The lowest BCUT2D eigenvalue weighted by molar-refractivity contribution is -0.134. The van der Waals surface area contributed by atoms with Gasteiger partial charge in [0.2, 0.25) is 5.91 Å². The van der Waals surface area contributed by atoms with Crippen molar-refractivity contribution in [3.05, 3.63) is 24.3 Å². The van der Waals surface area contributed by atoms with Crippen LogP contribution in [0.15, 0.2) is 24.3 Å². The molecule has 0 bridgehead atoms. The van der Waals surface area contributed by atoms with Gasteiger partial charge >= 0.3 is 0 Å². The van der Waals surface area contributed by atoms with E-state index in [0.29, 0.717) is 24.5 Å². The van der Waals surface area contributed by atoms with Gasteiger partial charge in [-0.1, -0.05) is 26.0 Å². The molecule has 0 unspecified atom stereocenters. The van der Waals surface area contributed by atoms with Crippen molar-refractivity contribution in [3.8, 4) is 5.75 Å². The summed E-state index contributed by atoms with van der Waals surface area (Å²) >= 11 is 0. The molecule has 110 valence electrons. The standard InChI is InChI=1S/C16H24N2O2/c1-16(2)9-5-10-18(12-16)15(19)8-11-20-14-7-4-3-6-13(14)17/h3-4,6-7H,5,8-12,17H2,1-2H3. The summed E-state index contributed by atoms with van der Waals surface area (Å²) in [5.41, 5.74) is 6.64. The molecule has 20 heavy (non-hydrogen) atoms. The molecule has 1 aromatic carbocycles. The molecule has 4 nitrogen and oxygen atoms in total. The van der Waals surface area contributed by atoms with Crippen LogP contribution in [0.3, 0.4) is 0 Å². The van der Waals surface area contributed by atoms with E-state index >= 15 is 0 Å². The molecule has 0 radical (unpaired) electrons. The Balaban J connectivity index is 1.79. The summed E-state index contributed by atoms with van der Waals surface area (Å²) in [5.74, 6) is 0.826. The van der Waals surface area contributed by atoms with E-state index in [4.69, 9.17) is 10.5 Å². The first-order chi connectivity index (χ1) is 9.48. The van der Waals surface area contributed by atoms with Gasteiger partial charge in [-0.2, -0.15) is 0 Å². The molecule has 2 rings (SSSR count). The summed E-state index contributed by atoms with van der Waals surface area (Å²) in [4.78, 5) is 14.1. The van der Waals surface area contributed by atoms with Crippen LogP contribution in [0.1, 0.15) is 33.1 Å². The van der Waals surface area contributed by atoms with Gasteiger partial charge < -0.3 is 15.4 Å². The van der Waals surface area contributed by atoms with Crippen molar-refractivity contribution in [1.82, 2.24) is 4.90 Å². The number of likely N-dealkylation sites (tertiary alicyclic amines) is 1. The first-order valence-electron chi connectivity index (χ1n) is 7.23. The number of carbonyl (C=O) groups excluding carboxylic acids is 1. The molecular formula is C16H24N2O2. The van der Waals surface area contributed by atoms with Crippen molar-refractivity contribution in [2.75, 3.05) is 25.4 Å². The maximum absolute atomic E-state index is 12.2. The molecule has 1 aromatic rings. The summed E-state index contributed by atoms with van der Waals surface area (Å²) in [5, 5.41) is 0. The number of rotatable bonds is 4. The van der Waals surface area contributed by atoms with Crippen molar-refractivity contribution in [2.24, 2.45) is 5.41 Å². The molecule has 0 aromatic heterocycles. The number of benzene rings is 1. The second-order valence-electron chi connectivity index (χ2n) is 6.22. The van der Waals surface area contributed by atoms with Gasteiger partial charge in [-0.3, -0.25) is 4.79 Å². The molecule has 0 aliphatic carbocycles. The summed E-state index contributed by atoms with van der Waals surface area (Å²) in [6.45, 7) is 6.53. The average Bonchev–Trinajstić information content (AvgIpc) is 2.39. The predicted molar refractivity (Wildman–Crippen MR) is 80.6 cm³/mol. The number of carbonyl (C=O) groups is 1. The normalized spacial score (nSPS) is 17.8. The highest BCUT2D eigenvalue weighted by Gasteiger charge is 2.28. The SMILES string of the molecule is CC1(C)CCCN(C(=O)CCOc2ccccc2N)C1. The van der Waals surface area contributed by atoms with E-state index in [2.05, 4.69) is 13.8 Å². The number of hydrogen-bond acceptors (Lipinski definition) is 3. The molecule has 1 fully saturated rings. The Morgan fingerprint density at radius 1 is 1.40 bits per heavy atom. The molecule has 1 heterocycles. The van der Waals surface area contributed by atoms with Crippen LogP contribution < -0.4 is 10.5 Å². The Morgan fingerprint density at radius 3 is 2.85 bits per heavy atom. The van der Waals surface area contributed by atoms with Gasteiger partial charge in [0, 0.05) is 13.1 Å². The first-order valence-corrected chi connectivity index (χ1v) is 7.23. The third-order valence-corrected chi connectivity index (χ3v) is 3.75. The van der Waals surface area contributed by atoms with Crippen molar-refractivity contribution < 1.29 is 9.53 Å². The zero-order chi connectivity index (χ0) is 14.6. The molecule has 0 spiro atoms. The zero-order valence-corrected chi connectivity index (χ0v) is 12.4. The van der Waals surface area contributed by atoms with Crippen molar-refractivity contribution in [3.63, 3.8) is 0 Å². The van der Waals surface area contributed by atoms with E-state index in [1.807, 2.05) is 23.1 Å². The lowest BCUT2D eigenvalue weighted by Crippen LogP contribution is -2.43. The minimum Gasteiger partial charge on any atom is -0.491 e. The van der Waals surface area contributed by atoms with Crippen LogP contribution in [0, 0.1) is 5.41 Å². The highest BCUT2D eigenvalue weighted by molar-refractivity contribution is 5.76. The Hall–Kier alpha value is -1.71. The number of piperidine rings is 1. The number of hydrogen-bond donors (Lipinski definition) is 1. The lowest BCUT2D eigenvalue weighted by Gasteiger charge is -2.38. The molecule has 1 saturated heterocycles. The molecule has 0 saturated carbocycles. The maximum atomic E-state index is 12.2. The summed E-state index contributed by atoms with van der Waals surface area (Å²) in [6, 6.07) is 7.36. The number of para-hydroxylation sites is 2. The van der Waals surface area contributed by atoms with Gasteiger partial charge in [-0.05, 0) is 30.4 Å². The number of anilines is 1. The highest BCUT2D eigenvalue weighted by atomic mass is 16.5. The topological polar surface area (TPSA) is 55.6 Å². The lowest BCUT2D eigenvalue weighted by atomic mass is 9.84. The highest BCUT2D eigenvalue weighted by Crippen LogP contribution is 2.28. The third kappa shape index (κ3) is 3.89. The van der Waals surface area contributed by atoms with E-state index in [0.717, 1.165) is 19.5 Å². The van der Waals surface area contributed by atoms with Crippen LogP contribution in [0.5, 0.6) is 5.75 Å². The molecule has 1 amide bonds. The second-order valence-corrected chi connectivity index (χ2v) is 6.22. The number of amides is 1. The van der Waals surface area contributed by atoms with E-state index in [9.17, 15) is 4.79 Å². The quantitative estimate of drug-likeness (QED) is 0.860. The van der Waals surface area contributed by atoms with Crippen molar-refractivity contribution in [1.29, 1.82) is 0 Å². The average molecular weight is 276 g/mol. The fourth-order valence-corrected chi connectivity index (χ4v) is 2.65. The van der Waals surface area contributed by atoms with Gasteiger partial charge in [0.15, 0.2) is 0 Å². The second kappa shape index (κ2) is 6.16. The zero-order valence-electron chi connectivity index (χ0n) is 12.4. The number of ether oxygens (including phenoxy) is 1. The molecule has 1 aliphatic heterocycles. The largest absolute Gasteiger partial charge is 0.491 e. The fourth-order valence-electron chi connectivity index (χ4n) is 2.65. The minimum atomic E-state index is 0.173. The Kier molecular flexibility index (Phi) is 4.53. The van der Waals surface area contributed by atoms with Crippen LogP contribution >= 0.6 is 0 Å². The van der Waals surface area contributed by atoms with Crippen molar-refractivity contribution in [2.45, 2.75) is 33.1 Å². The van der Waals surface area contributed by atoms with E-state index in [1.165, 1.54) is 6.42 Å². The molecular weight excluding hydrogens is 252 g/mol.